The molecule has 2 N–H and O–H groups in total. The highest BCUT2D eigenvalue weighted by Crippen LogP contribution is 2.23. The number of ether oxygens (including phenoxy) is 1. The number of carbonyl (C=O) groups is 1. The zero-order valence-electron chi connectivity index (χ0n) is 16.9. The third-order valence-corrected chi connectivity index (χ3v) is 6.68. The highest BCUT2D eigenvalue weighted by atomic mass is 32.1. The molecule has 156 valence electrons. The number of thiophene rings is 1. The van der Waals surface area contributed by atoms with Crippen LogP contribution in [-0.2, 0) is 30.8 Å². The largest absolute Gasteiger partial charge is 0.379 e. The lowest BCUT2D eigenvalue weighted by Gasteiger charge is -2.27. The Balaban J connectivity index is 1.19. The summed E-state index contributed by atoms with van der Waals surface area (Å²) in [5.41, 5.74) is 3.90. The smallest absolute Gasteiger partial charge is 0.315 e. The van der Waals surface area contributed by atoms with Crippen LogP contribution in [0, 0.1) is 0 Å². The number of nitrogens with one attached hydrogen (secondary N) is 2. The number of benzene rings is 1. The summed E-state index contributed by atoms with van der Waals surface area (Å²) in [6, 6.07) is 10.5. The van der Waals surface area contributed by atoms with Gasteiger partial charge in [-0.25, -0.2) is 4.79 Å². The first-order valence-corrected chi connectivity index (χ1v) is 11.3. The van der Waals surface area contributed by atoms with Gasteiger partial charge in [-0.1, -0.05) is 24.3 Å². The zero-order chi connectivity index (χ0) is 19.9. The molecule has 3 heterocycles. The average Bonchev–Trinajstić information content (AvgIpc) is 3.22. The molecule has 2 aliphatic heterocycles. The number of hydrogen-bond acceptors (Lipinski definition) is 5. The van der Waals surface area contributed by atoms with Crippen molar-refractivity contribution in [1.29, 1.82) is 0 Å². The molecular weight excluding hydrogens is 384 g/mol. The van der Waals surface area contributed by atoms with E-state index in [1.54, 1.807) is 0 Å². The van der Waals surface area contributed by atoms with Crippen molar-refractivity contribution in [3.05, 3.63) is 57.3 Å². The molecule has 0 spiro atoms. The lowest BCUT2D eigenvalue weighted by atomic mass is 10.1. The van der Waals surface area contributed by atoms with Crippen molar-refractivity contribution in [1.82, 2.24) is 20.4 Å². The predicted molar refractivity (Wildman–Crippen MR) is 116 cm³/mol. The number of morpholine rings is 1. The first kappa shape index (κ1) is 20.3. The molecule has 0 saturated carbocycles. The van der Waals surface area contributed by atoms with Crippen molar-refractivity contribution >= 4 is 17.4 Å². The monoisotopic (exact) mass is 414 g/mol. The van der Waals surface area contributed by atoms with E-state index >= 15 is 0 Å². The van der Waals surface area contributed by atoms with Gasteiger partial charge in [0.05, 0.1) is 13.2 Å². The standard InChI is InChI=1S/C22H30N4O2S/c27-22(23-7-9-25-8-5-21-20(17-25)6-14-29-21)24-15-18-3-1-2-4-19(18)16-26-10-12-28-13-11-26/h1-4,6,14H,5,7-13,15-17H2,(H2,23,24,27). The first-order chi connectivity index (χ1) is 14.3. The molecule has 2 aromatic rings. The molecule has 0 atom stereocenters. The Kier molecular flexibility index (Phi) is 7.16. The van der Waals surface area contributed by atoms with Crippen LogP contribution >= 0.6 is 11.3 Å². The van der Waals surface area contributed by atoms with E-state index in [0.717, 1.165) is 58.9 Å². The third kappa shape index (κ3) is 5.79. The van der Waals surface area contributed by atoms with Crippen molar-refractivity contribution in [2.75, 3.05) is 45.9 Å². The molecule has 6 nitrogen and oxygen atoms in total. The maximum absolute atomic E-state index is 12.3. The quantitative estimate of drug-likeness (QED) is 0.731. The Morgan fingerprint density at radius 3 is 2.72 bits per heavy atom. The molecule has 0 aliphatic carbocycles. The summed E-state index contributed by atoms with van der Waals surface area (Å²) in [7, 11) is 0. The summed E-state index contributed by atoms with van der Waals surface area (Å²) in [4.78, 5) is 18.6. The number of hydrogen-bond donors (Lipinski definition) is 2. The van der Waals surface area contributed by atoms with Gasteiger partial charge in [-0.2, -0.15) is 0 Å². The highest BCUT2D eigenvalue weighted by molar-refractivity contribution is 7.10. The van der Waals surface area contributed by atoms with Gasteiger partial charge in [0.15, 0.2) is 0 Å². The van der Waals surface area contributed by atoms with Crippen LogP contribution in [0.3, 0.4) is 0 Å². The normalized spacial score (nSPS) is 17.7. The number of urea groups is 1. The Labute approximate surface area is 176 Å². The molecule has 0 unspecified atom stereocenters. The highest BCUT2D eigenvalue weighted by Gasteiger charge is 2.17. The molecule has 4 rings (SSSR count). The summed E-state index contributed by atoms with van der Waals surface area (Å²) in [5.74, 6) is 0. The zero-order valence-corrected chi connectivity index (χ0v) is 17.7. The van der Waals surface area contributed by atoms with Crippen LogP contribution in [0.1, 0.15) is 21.6 Å². The molecule has 0 radical (unpaired) electrons. The lowest BCUT2D eigenvalue weighted by molar-refractivity contribution is 0.0341. The van der Waals surface area contributed by atoms with Crippen LogP contribution in [0.15, 0.2) is 35.7 Å². The molecule has 1 saturated heterocycles. The van der Waals surface area contributed by atoms with E-state index in [2.05, 4.69) is 50.1 Å². The lowest BCUT2D eigenvalue weighted by Crippen LogP contribution is -2.41. The fourth-order valence-electron chi connectivity index (χ4n) is 3.95. The van der Waals surface area contributed by atoms with Crippen molar-refractivity contribution in [2.45, 2.75) is 26.1 Å². The van der Waals surface area contributed by atoms with Gasteiger partial charge in [0, 0.05) is 57.2 Å². The van der Waals surface area contributed by atoms with Gasteiger partial charge in [0.25, 0.3) is 0 Å². The van der Waals surface area contributed by atoms with Crippen LogP contribution in [-0.4, -0.2) is 61.8 Å². The molecule has 2 amide bonds. The topological polar surface area (TPSA) is 56.8 Å². The summed E-state index contributed by atoms with van der Waals surface area (Å²) in [6.45, 7) is 8.61. The third-order valence-electron chi connectivity index (χ3n) is 5.66. The number of amides is 2. The van der Waals surface area contributed by atoms with E-state index in [0.29, 0.717) is 13.1 Å². The summed E-state index contributed by atoms with van der Waals surface area (Å²) in [5, 5.41) is 8.20. The van der Waals surface area contributed by atoms with Gasteiger partial charge in [-0.05, 0) is 34.6 Å². The van der Waals surface area contributed by atoms with Gasteiger partial charge >= 0.3 is 6.03 Å². The van der Waals surface area contributed by atoms with Crippen molar-refractivity contribution in [3.63, 3.8) is 0 Å². The van der Waals surface area contributed by atoms with Gasteiger partial charge in [0.1, 0.15) is 0 Å². The molecule has 0 bridgehead atoms. The fourth-order valence-corrected chi connectivity index (χ4v) is 4.84. The first-order valence-electron chi connectivity index (χ1n) is 10.4. The second kappa shape index (κ2) is 10.2. The van der Waals surface area contributed by atoms with E-state index < -0.39 is 0 Å². The van der Waals surface area contributed by atoms with Crippen molar-refractivity contribution in [3.8, 4) is 0 Å². The van der Waals surface area contributed by atoms with Crippen LogP contribution < -0.4 is 10.6 Å². The SMILES string of the molecule is O=C(NCCN1CCc2sccc2C1)NCc1ccccc1CN1CCOCC1. The van der Waals surface area contributed by atoms with Crippen LogP contribution in [0.2, 0.25) is 0 Å². The Bertz CT molecular complexity index is 804. The fraction of sp³-hybridized carbons (Fsp3) is 0.500. The Morgan fingerprint density at radius 1 is 1.03 bits per heavy atom. The summed E-state index contributed by atoms with van der Waals surface area (Å²) in [6.07, 6.45) is 1.12. The van der Waals surface area contributed by atoms with Gasteiger partial charge in [-0.15, -0.1) is 11.3 Å². The number of carbonyl (C=O) groups excluding carboxylic acids is 1. The minimum absolute atomic E-state index is 0.0978. The maximum atomic E-state index is 12.3. The molecule has 29 heavy (non-hydrogen) atoms. The Hall–Kier alpha value is -1.93. The minimum atomic E-state index is -0.0978. The van der Waals surface area contributed by atoms with E-state index in [4.69, 9.17) is 4.74 Å². The number of rotatable bonds is 7. The molecule has 1 fully saturated rings. The van der Waals surface area contributed by atoms with Crippen LogP contribution in [0.25, 0.3) is 0 Å². The predicted octanol–water partition coefficient (Wildman–Crippen LogP) is 2.44. The van der Waals surface area contributed by atoms with Gasteiger partial charge in [-0.3, -0.25) is 9.80 Å². The average molecular weight is 415 g/mol. The Morgan fingerprint density at radius 2 is 1.86 bits per heavy atom. The van der Waals surface area contributed by atoms with E-state index in [9.17, 15) is 4.79 Å². The summed E-state index contributed by atoms with van der Waals surface area (Å²) >= 11 is 1.86. The second-order valence-corrected chi connectivity index (χ2v) is 8.66. The molecule has 1 aromatic carbocycles. The summed E-state index contributed by atoms with van der Waals surface area (Å²) < 4.78 is 5.43. The number of fused-ring (bicyclic) bond motifs is 1. The van der Waals surface area contributed by atoms with Gasteiger partial charge < -0.3 is 15.4 Å². The van der Waals surface area contributed by atoms with Crippen molar-refractivity contribution in [2.24, 2.45) is 0 Å². The second-order valence-electron chi connectivity index (χ2n) is 7.66. The molecule has 1 aromatic heterocycles. The van der Waals surface area contributed by atoms with E-state index in [1.165, 1.54) is 21.6 Å². The minimum Gasteiger partial charge on any atom is -0.379 e. The maximum Gasteiger partial charge on any atom is 0.315 e. The van der Waals surface area contributed by atoms with Gasteiger partial charge in [0.2, 0.25) is 0 Å². The van der Waals surface area contributed by atoms with Crippen molar-refractivity contribution < 1.29 is 9.53 Å². The number of nitrogens with zero attached hydrogens (tertiary/aromatic N) is 2. The van der Waals surface area contributed by atoms with Crippen LogP contribution in [0.4, 0.5) is 4.79 Å². The van der Waals surface area contributed by atoms with Crippen LogP contribution in [0.5, 0.6) is 0 Å². The molecule has 7 heteroatoms. The van der Waals surface area contributed by atoms with E-state index in [-0.39, 0.29) is 6.03 Å². The van der Waals surface area contributed by atoms with E-state index in [1.807, 2.05) is 17.4 Å². The molecular formula is C22H30N4O2S. The molecule has 2 aliphatic rings.